The summed E-state index contributed by atoms with van der Waals surface area (Å²) in [7, 11) is 0. The molecular formula is C21H29N3O2. The predicted octanol–water partition coefficient (Wildman–Crippen LogP) is 3.48. The number of hydrogen-bond acceptors (Lipinski definition) is 3. The van der Waals surface area contributed by atoms with Crippen LogP contribution in [0, 0.1) is 5.92 Å². The average Bonchev–Trinajstić information content (AvgIpc) is 2.85. The third-order valence-electron chi connectivity index (χ3n) is 5.35. The Kier molecular flexibility index (Phi) is 5.47. The van der Waals surface area contributed by atoms with Crippen molar-refractivity contribution in [3.63, 3.8) is 0 Å². The first-order valence-corrected chi connectivity index (χ1v) is 9.50. The van der Waals surface area contributed by atoms with Crippen LogP contribution >= 0.6 is 0 Å². The van der Waals surface area contributed by atoms with E-state index in [-0.39, 0.29) is 11.9 Å². The molecule has 2 aliphatic heterocycles. The minimum Gasteiger partial charge on any atom is -0.323 e. The minimum absolute atomic E-state index is 0.0963. The van der Waals surface area contributed by atoms with Crippen molar-refractivity contribution in [2.24, 2.45) is 5.92 Å². The molecule has 1 N–H and O–H groups in total. The van der Waals surface area contributed by atoms with Gasteiger partial charge in [0.1, 0.15) is 5.54 Å². The van der Waals surface area contributed by atoms with Gasteiger partial charge in [-0.25, -0.2) is 9.69 Å². The Morgan fingerprint density at radius 2 is 1.92 bits per heavy atom. The van der Waals surface area contributed by atoms with Crippen LogP contribution in [0.1, 0.15) is 45.6 Å². The fourth-order valence-electron chi connectivity index (χ4n) is 3.58. The Morgan fingerprint density at radius 3 is 2.54 bits per heavy atom. The molecule has 5 nitrogen and oxygen atoms in total. The van der Waals surface area contributed by atoms with E-state index in [1.54, 1.807) is 0 Å². The van der Waals surface area contributed by atoms with E-state index in [1.807, 2.05) is 25.1 Å². The van der Waals surface area contributed by atoms with Gasteiger partial charge in [0.25, 0.3) is 5.91 Å². The number of urea groups is 1. The Balaban J connectivity index is 1.60. The lowest BCUT2D eigenvalue weighted by Gasteiger charge is -2.30. The van der Waals surface area contributed by atoms with Crippen LogP contribution in [0.2, 0.25) is 0 Å². The van der Waals surface area contributed by atoms with Crippen molar-refractivity contribution < 1.29 is 9.59 Å². The molecule has 0 bridgehead atoms. The maximum absolute atomic E-state index is 12.8. The summed E-state index contributed by atoms with van der Waals surface area (Å²) in [6.07, 6.45) is 4.74. The Labute approximate surface area is 156 Å². The summed E-state index contributed by atoms with van der Waals surface area (Å²) in [5.41, 5.74) is 1.83. The second-order valence-corrected chi connectivity index (χ2v) is 7.99. The molecule has 3 amide bonds. The molecule has 5 heteroatoms. The number of nitrogens with one attached hydrogen (secondary N) is 1. The first-order valence-electron chi connectivity index (χ1n) is 9.50. The third-order valence-corrected chi connectivity index (χ3v) is 5.35. The molecular weight excluding hydrogens is 326 g/mol. The molecule has 1 aromatic carbocycles. The number of nitrogens with zero attached hydrogens (tertiary/aromatic N) is 2. The molecule has 1 atom stereocenters. The van der Waals surface area contributed by atoms with Gasteiger partial charge >= 0.3 is 6.03 Å². The van der Waals surface area contributed by atoms with Crippen molar-refractivity contribution >= 4 is 17.5 Å². The van der Waals surface area contributed by atoms with E-state index in [0.29, 0.717) is 19.0 Å². The van der Waals surface area contributed by atoms with E-state index in [1.165, 1.54) is 16.0 Å². The minimum atomic E-state index is -0.762. The van der Waals surface area contributed by atoms with Crippen LogP contribution in [-0.2, 0) is 4.79 Å². The van der Waals surface area contributed by atoms with Gasteiger partial charge in [0, 0.05) is 13.1 Å². The van der Waals surface area contributed by atoms with Crippen LogP contribution in [0.25, 0.3) is 5.57 Å². The molecule has 1 saturated heterocycles. The van der Waals surface area contributed by atoms with Crippen molar-refractivity contribution in [2.45, 2.75) is 45.6 Å². The van der Waals surface area contributed by atoms with E-state index < -0.39 is 5.54 Å². The number of hydrogen-bond donors (Lipinski definition) is 1. The average molecular weight is 355 g/mol. The molecule has 0 unspecified atom stereocenters. The van der Waals surface area contributed by atoms with E-state index in [2.05, 4.69) is 42.3 Å². The summed E-state index contributed by atoms with van der Waals surface area (Å²) < 4.78 is 0. The summed E-state index contributed by atoms with van der Waals surface area (Å²) in [5.74, 6) is 0.412. The SMILES string of the molecule is CC(C)CC[C@@]1(C)NC(=O)N(CN2CC=C(c3ccccc3)CC2)C1=O. The summed E-state index contributed by atoms with van der Waals surface area (Å²) in [4.78, 5) is 28.7. The quantitative estimate of drug-likeness (QED) is 0.795. The van der Waals surface area contributed by atoms with E-state index in [0.717, 1.165) is 25.9 Å². The lowest BCUT2D eigenvalue weighted by Crippen LogP contribution is -2.46. The van der Waals surface area contributed by atoms with Gasteiger partial charge in [0.15, 0.2) is 0 Å². The van der Waals surface area contributed by atoms with Crippen molar-refractivity contribution in [2.75, 3.05) is 19.8 Å². The molecule has 0 spiro atoms. The Bertz CT molecular complexity index is 698. The molecule has 3 rings (SSSR count). The zero-order chi connectivity index (χ0) is 18.7. The first-order chi connectivity index (χ1) is 12.4. The van der Waals surface area contributed by atoms with Crippen molar-refractivity contribution in [3.8, 4) is 0 Å². The van der Waals surface area contributed by atoms with Crippen LogP contribution < -0.4 is 5.32 Å². The molecule has 140 valence electrons. The highest BCUT2D eigenvalue weighted by Crippen LogP contribution is 2.26. The second-order valence-electron chi connectivity index (χ2n) is 7.99. The fraction of sp³-hybridized carbons (Fsp3) is 0.524. The van der Waals surface area contributed by atoms with Gasteiger partial charge in [0.2, 0.25) is 0 Å². The highest BCUT2D eigenvalue weighted by atomic mass is 16.2. The summed E-state index contributed by atoms with van der Waals surface area (Å²) in [5, 5.41) is 2.91. The van der Waals surface area contributed by atoms with Crippen LogP contribution in [0.3, 0.4) is 0 Å². The van der Waals surface area contributed by atoms with Crippen LogP contribution in [-0.4, -0.2) is 47.0 Å². The standard InChI is InChI=1S/C21H29N3O2/c1-16(2)9-12-21(3)19(25)24(20(26)22-21)15-23-13-10-18(11-14-23)17-7-5-4-6-8-17/h4-8,10,16H,9,11-15H2,1-3H3,(H,22,26)/t21-/m1/s1. The smallest absolute Gasteiger partial charge is 0.323 e. The Morgan fingerprint density at radius 1 is 1.19 bits per heavy atom. The molecule has 1 aromatic rings. The van der Waals surface area contributed by atoms with Gasteiger partial charge in [-0.15, -0.1) is 0 Å². The lowest BCUT2D eigenvalue weighted by atomic mass is 9.92. The molecule has 0 radical (unpaired) electrons. The number of imide groups is 1. The summed E-state index contributed by atoms with van der Waals surface area (Å²) in [6.45, 7) is 8.07. The number of amides is 3. The van der Waals surface area contributed by atoms with Crippen LogP contribution in [0.15, 0.2) is 36.4 Å². The largest absolute Gasteiger partial charge is 0.326 e. The molecule has 0 saturated carbocycles. The van der Waals surface area contributed by atoms with Gasteiger partial charge in [0.05, 0.1) is 6.67 Å². The van der Waals surface area contributed by atoms with Crippen molar-refractivity contribution in [1.82, 2.24) is 15.1 Å². The molecule has 0 aromatic heterocycles. The number of rotatable bonds is 6. The second kappa shape index (κ2) is 7.62. The fourth-order valence-corrected chi connectivity index (χ4v) is 3.58. The number of carbonyl (C=O) groups is 2. The first kappa shape index (κ1) is 18.6. The normalized spacial score (nSPS) is 24.2. The molecule has 1 fully saturated rings. The van der Waals surface area contributed by atoms with Crippen LogP contribution in [0.5, 0.6) is 0 Å². The molecule has 2 heterocycles. The summed E-state index contributed by atoms with van der Waals surface area (Å²) in [6, 6.07) is 10.1. The van der Waals surface area contributed by atoms with Crippen LogP contribution in [0.4, 0.5) is 4.79 Å². The van der Waals surface area contributed by atoms with Gasteiger partial charge in [-0.1, -0.05) is 50.3 Å². The van der Waals surface area contributed by atoms with E-state index in [4.69, 9.17) is 0 Å². The summed E-state index contributed by atoms with van der Waals surface area (Å²) >= 11 is 0. The molecule has 0 aliphatic carbocycles. The maximum Gasteiger partial charge on any atom is 0.326 e. The van der Waals surface area contributed by atoms with Gasteiger partial charge in [-0.2, -0.15) is 0 Å². The predicted molar refractivity (Wildman–Crippen MR) is 103 cm³/mol. The monoisotopic (exact) mass is 355 g/mol. The highest BCUT2D eigenvalue weighted by Gasteiger charge is 2.47. The van der Waals surface area contributed by atoms with Crippen molar-refractivity contribution in [3.05, 3.63) is 42.0 Å². The van der Waals surface area contributed by atoms with Crippen molar-refractivity contribution in [1.29, 1.82) is 0 Å². The molecule has 2 aliphatic rings. The van der Waals surface area contributed by atoms with E-state index >= 15 is 0 Å². The highest BCUT2D eigenvalue weighted by molar-refractivity contribution is 6.06. The third kappa shape index (κ3) is 3.98. The zero-order valence-electron chi connectivity index (χ0n) is 16.0. The van der Waals surface area contributed by atoms with Gasteiger partial charge < -0.3 is 5.32 Å². The Hall–Kier alpha value is -2.14. The maximum atomic E-state index is 12.8. The van der Waals surface area contributed by atoms with Gasteiger partial charge in [-0.05, 0) is 43.2 Å². The topological polar surface area (TPSA) is 52.7 Å². The van der Waals surface area contributed by atoms with Gasteiger partial charge in [-0.3, -0.25) is 9.69 Å². The number of carbonyl (C=O) groups excluding carboxylic acids is 2. The number of benzene rings is 1. The zero-order valence-corrected chi connectivity index (χ0v) is 16.0. The molecule has 26 heavy (non-hydrogen) atoms. The lowest BCUT2D eigenvalue weighted by molar-refractivity contribution is -0.132. The van der Waals surface area contributed by atoms with E-state index in [9.17, 15) is 9.59 Å².